The fraction of sp³-hybridized carbons (Fsp3) is 0.818. The van der Waals surface area contributed by atoms with Crippen molar-refractivity contribution in [2.75, 3.05) is 6.61 Å². The molecule has 0 aromatic heterocycles. The van der Waals surface area contributed by atoms with Crippen LogP contribution in [0.5, 0.6) is 0 Å². The van der Waals surface area contributed by atoms with Gasteiger partial charge < -0.3 is 9.47 Å². The average molecular weight is 214 g/mol. The Balaban J connectivity index is 2.64. The minimum atomic E-state index is -0.676. The lowest BCUT2D eigenvalue weighted by molar-refractivity contribution is -0.164. The lowest BCUT2D eigenvalue weighted by Crippen LogP contribution is -2.38. The molecule has 0 saturated carbocycles. The highest BCUT2D eigenvalue weighted by Crippen LogP contribution is 2.35. The quantitative estimate of drug-likeness (QED) is 0.668. The molecule has 1 rings (SSSR count). The predicted octanol–water partition coefficient (Wildman–Crippen LogP) is 1.53. The first-order valence-corrected chi connectivity index (χ1v) is 5.25. The molecule has 0 aliphatic carbocycles. The minimum Gasteiger partial charge on any atom is -0.465 e. The van der Waals surface area contributed by atoms with Crippen LogP contribution in [-0.2, 0) is 19.1 Å². The molecular formula is C11H18O4. The van der Waals surface area contributed by atoms with Crippen LogP contribution in [0.3, 0.4) is 0 Å². The monoisotopic (exact) mass is 214 g/mol. The second-order valence-corrected chi connectivity index (χ2v) is 4.54. The summed E-state index contributed by atoms with van der Waals surface area (Å²) in [5, 5.41) is 0. The summed E-state index contributed by atoms with van der Waals surface area (Å²) in [6.45, 7) is 7.47. The number of carbonyl (C=O) groups excluding carboxylic acids is 2. The fourth-order valence-electron chi connectivity index (χ4n) is 1.43. The van der Waals surface area contributed by atoms with E-state index in [1.807, 2.05) is 0 Å². The molecule has 1 aliphatic rings. The zero-order valence-electron chi connectivity index (χ0n) is 9.70. The van der Waals surface area contributed by atoms with Crippen molar-refractivity contribution in [1.29, 1.82) is 0 Å². The Morgan fingerprint density at radius 1 is 1.47 bits per heavy atom. The van der Waals surface area contributed by atoms with E-state index < -0.39 is 11.5 Å². The molecule has 1 aliphatic heterocycles. The zero-order valence-corrected chi connectivity index (χ0v) is 9.70. The topological polar surface area (TPSA) is 52.6 Å². The lowest BCUT2D eigenvalue weighted by atomic mass is 9.83. The predicted molar refractivity (Wildman–Crippen MR) is 54.1 cm³/mol. The van der Waals surface area contributed by atoms with Crippen LogP contribution in [0.2, 0.25) is 0 Å². The lowest BCUT2D eigenvalue weighted by Gasteiger charge is -2.27. The third kappa shape index (κ3) is 2.30. The Morgan fingerprint density at radius 2 is 2.07 bits per heavy atom. The van der Waals surface area contributed by atoms with Gasteiger partial charge >= 0.3 is 11.9 Å². The van der Waals surface area contributed by atoms with E-state index in [2.05, 4.69) is 0 Å². The first-order chi connectivity index (χ1) is 6.88. The van der Waals surface area contributed by atoms with E-state index in [4.69, 9.17) is 9.47 Å². The number of esters is 2. The highest BCUT2D eigenvalue weighted by molar-refractivity contribution is 5.80. The standard InChI is InChI=1S/C11H18O4/c1-7(2)9(12)15-8(3)11(4)5-6-14-10(11)13/h7-8H,5-6H2,1-4H3. The average Bonchev–Trinajstić information content (AvgIpc) is 2.48. The number of hydrogen-bond donors (Lipinski definition) is 0. The minimum absolute atomic E-state index is 0.173. The van der Waals surface area contributed by atoms with E-state index in [0.29, 0.717) is 13.0 Å². The smallest absolute Gasteiger partial charge is 0.315 e. The summed E-state index contributed by atoms with van der Waals surface area (Å²) in [5.41, 5.74) is -0.676. The van der Waals surface area contributed by atoms with Gasteiger partial charge in [0, 0.05) is 6.42 Å². The van der Waals surface area contributed by atoms with E-state index in [1.165, 1.54) is 0 Å². The number of cyclic esters (lactones) is 1. The van der Waals surface area contributed by atoms with Crippen LogP contribution in [0.15, 0.2) is 0 Å². The zero-order chi connectivity index (χ0) is 11.6. The molecule has 2 unspecified atom stereocenters. The molecule has 4 nitrogen and oxygen atoms in total. The van der Waals surface area contributed by atoms with Crippen LogP contribution in [0.25, 0.3) is 0 Å². The van der Waals surface area contributed by atoms with E-state index >= 15 is 0 Å². The summed E-state index contributed by atoms with van der Waals surface area (Å²) < 4.78 is 10.1. The molecule has 0 spiro atoms. The van der Waals surface area contributed by atoms with Gasteiger partial charge in [-0.25, -0.2) is 0 Å². The van der Waals surface area contributed by atoms with Gasteiger partial charge in [0.2, 0.25) is 0 Å². The molecule has 0 radical (unpaired) electrons. The molecule has 0 N–H and O–H groups in total. The Bertz CT molecular complexity index is 272. The van der Waals surface area contributed by atoms with Crippen LogP contribution in [0.1, 0.15) is 34.1 Å². The van der Waals surface area contributed by atoms with Crippen molar-refractivity contribution in [1.82, 2.24) is 0 Å². The van der Waals surface area contributed by atoms with Gasteiger partial charge in [-0.3, -0.25) is 9.59 Å². The molecule has 1 saturated heterocycles. The molecule has 0 aromatic carbocycles. The molecule has 86 valence electrons. The van der Waals surface area contributed by atoms with E-state index in [-0.39, 0.29) is 17.9 Å². The van der Waals surface area contributed by atoms with Gasteiger partial charge in [0.15, 0.2) is 0 Å². The maximum Gasteiger partial charge on any atom is 0.315 e. The van der Waals surface area contributed by atoms with Crippen LogP contribution in [-0.4, -0.2) is 24.6 Å². The summed E-state index contributed by atoms with van der Waals surface area (Å²) in [7, 11) is 0. The van der Waals surface area contributed by atoms with Crippen LogP contribution < -0.4 is 0 Å². The largest absolute Gasteiger partial charge is 0.465 e. The maximum atomic E-state index is 11.5. The summed E-state index contributed by atoms with van der Waals surface area (Å²) >= 11 is 0. The number of hydrogen-bond acceptors (Lipinski definition) is 4. The SMILES string of the molecule is CC(C)C(=O)OC(C)C1(C)CCOC1=O. The Hall–Kier alpha value is -1.06. The second kappa shape index (κ2) is 4.21. The van der Waals surface area contributed by atoms with Gasteiger partial charge in [-0.1, -0.05) is 13.8 Å². The van der Waals surface area contributed by atoms with Crippen molar-refractivity contribution in [2.24, 2.45) is 11.3 Å². The number of rotatable bonds is 3. The van der Waals surface area contributed by atoms with Crippen molar-refractivity contribution >= 4 is 11.9 Å². The first-order valence-electron chi connectivity index (χ1n) is 5.25. The van der Waals surface area contributed by atoms with E-state index in [9.17, 15) is 9.59 Å². The first kappa shape index (κ1) is 12.0. The molecule has 15 heavy (non-hydrogen) atoms. The van der Waals surface area contributed by atoms with Gasteiger partial charge in [-0.15, -0.1) is 0 Å². The molecule has 4 heteroatoms. The van der Waals surface area contributed by atoms with Gasteiger partial charge in [-0.2, -0.15) is 0 Å². The Labute approximate surface area is 89.9 Å². The highest BCUT2D eigenvalue weighted by Gasteiger charge is 2.46. The molecule has 1 heterocycles. The normalized spacial score (nSPS) is 27.7. The summed E-state index contributed by atoms with van der Waals surface area (Å²) in [6, 6.07) is 0. The van der Waals surface area contributed by atoms with E-state index in [0.717, 1.165) is 0 Å². The van der Waals surface area contributed by atoms with Crippen molar-refractivity contribution in [3.8, 4) is 0 Å². The van der Waals surface area contributed by atoms with Gasteiger partial charge in [-0.05, 0) is 13.8 Å². The second-order valence-electron chi connectivity index (χ2n) is 4.54. The van der Waals surface area contributed by atoms with Crippen molar-refractivity contribution in [2.45, 2.75) is 40.2 Å². The van der Waals surface area contributed by atoms with Crippen molar-refractivity contribution < 1.29 is 19.1 Å². The van der Waals surface area contributed by atoms with Crippen molar-refractivity contribution in [3.05, 3.63) is 0 Å². The van der Waals surface area contributed by atoms with Gasteiger partial charge in [0.25, 0.3) is 0 Å². The van der Waals surface area contributed by atoms with E-state index in [1.54, 1.807) is 27.7 Å². The molecule has 0 amide bonds. The summed E-state index contributed by atoms with van der Waals surface area (Å²) in [6.07, 6.45) is 0.181. The van der Waals surface area contributed by atoms with Crippen LogP contribution in [0, 0.1) is 11.3 Å². The number of carbonyl (C=O) groups is 2. The number of ether oxygens (including phenoxy) is 2. The molecule has 2 atom stereocenters. The summed E-state index contributed by atoms with van der Waals surface area (Å²) in [4.78, 5) is 22.9. The fourth-order valence-corrected chi connectivity index (χ4v) is 1.43. The molecule has 0 bridgehead atoms. The molecule has 0 aromatic rings. The Kier molecular flexibility index (Phi) is 3.37. The van der Waals surface area contributed by atoms with Gasteiger partial charge in [0.1, 0.15) is 11.5 Å². The molecule has 1 fully saturated rings. The Morgan fingerprint density at radius 3 is 2.47 bits per heavy atom. The van der Waals surface area contributed by atoms with Crippen LogP contribution in [0.4, 0.5) is 0 Å². The third-order valence-corrected chi connectivity index (χ3v) is 2.98. The third-order valence-electron chi connectivity index (χ3n) is 2.98. The van der Waals surface area contributed by atoms with Gasteiger partial charge in [0.05, 0.1) is 12.5 Å². The maximum absolute atomic E-state index is 11.5. The van der Waals surface area contributed by atoms with Crippen LogP contribution >= 0.6 is 0 Å². The van der Waals surface area contributed by atoms with Crippen molar-refractivity contribution in [3.63, 3.8) is 0 Å². The summed E-state index contributed by atoms with van der Waals surface area (Å²) in [5.74, 6) is -0.719. The highest BCUT2D eigenvalue weighted by atomic mass is 16.6. The molecular weight excluding hydrogens is 196 g/mol.